The van der Waals surface area contributed by atoms with Crippen molar-refractivity contribution >= 4 is 5.69 Å². The smallest absolute Gasteiger partial charge is 0.146 e. The van der Waals surface area contributed by atoms with Crippen LogP contribution in [0.25, 0.3) is 0 Å². The zero-order valence-corrected chi connectivity index (χ0v) is 12.1. The number of halogens is 1. The molecule has 3 heteroatoms. The summed E-state index contributed by atoms with van der Waals surface area (Å²) in [5.41, 5.74) is 1.91. The number of nitrogens with zero attached hydrogens (tertiary/aromatic N) is 1. The highest BCUT2D eigenvalue weighted by molar-refractivity contribution is 5.50. The van der Waals surface area contributed by atoms with Gasteiger partial charge in [-0.05, 0) is 37.1 Å². The number of hydrogen-bond acceptors (Lipinski definition) is 2. The zero-order valence-electron chi connectivity index (χ0n) is 12.1. The van der Waals surface area contributed by atoms with Crippen molar-refractivity contribution in [3.05, 3.63) is 29.6 Å². The van der Waals surface area contributed by atoms with E-state index in [0.29, 0.717) is 6.04 Å². The fraction of sp³-hybridized carbons (Fsp3) is 0.625. The minimum absolute atomic E-state index is 0.103. The van der Waals surface area contributed by atoms with Crippen LogP contribution in [0.5, 0.6) is 0 Å². The average Bonchev–Trinajstić information content (AvgIpc) is 2.46. The van der Waals surface area contributed by atoms with E-state index in [0.717, 1.165) is 24.3 Å². The van der Waals surface area contributed by atoms with Crippen molar-refractivity contribution in [3.8, 4) is 0 Å². The molecule has 0 heterocycles. The number of anilines is 1. The summed E-state index contributed by atoms with van der Waals surface area (Å²) in [5, 5.41) is 3.29. The molecule has 1 aromatic carbocycles. The maximum atomic E-state index is 14.0. The van der Waals surface area contributed by atoms with E-state index in [4.69, 9.17) is 0 Å². The molecule has 0 radical (unpaired) electrons. The summed E-state index contributed by atoms with van der Waals surface area (Å²) in [6.45, 7) is 3.83. The molecule has 0 aromatic heterocycles. The van der Waals surface area contributed by atoms with Crippen molar-refractivity contribution in [3.63, 3.8) is 0 Å². The quantitative estimate of drug-likeness (QED) is 0.872. The minimum atomic E-state index is -0.103. The van der Waals surface area contributed by atoms with Gasteiger partial charge in [-0.2, -0.15) is 0 Å². The third kappa shape index (κ3) is 3.69. The summed E-state index contributed by atoms with van der Waals surface area (Å²) in [7, 11) is 2.03. The molecule has 1 fully saturated rings. The van der Waals surface area contributed by atoms with E-state index in [-0.39, 0.29) is 5.82 Å². The maximum Gasteiger partial charge on any atom is 0.146 e. The first-order valence-electron chi connectivity index (χ1n) is 7.44. The minimum Gasteiger partial charge on any atom is -0.369 e. The predicted molar refractivity (Wildman–Crippen MR) is 79.1 cm³/mol. The van der Waals surface area contributed by atoms with Crippen molar-refractivity contribution < 1.29 is 4.39 Å². The fourth-order valence-corrected chi connectivity index (χ4v) is 2.87. The average molecular weight is 264 g/mol. The molecule has 1 saturated carbocycles. The van der Waals surface area contributed by atoms with Gasteiger partial charge in [-0.3, -0.25) is 0 Å². The molecule has 106 valence electrons. The van der Waals surface area contributed by atoms with Gasteiger partial charge in [0, 0.05) is 19.6 Å². The van der Waals surface area contributed by atoms with Crippen LogP contribution >= 0.6 is 0 Å². The number of rotatable bonds is 5. The topological polar surface area (TPSA) is 15.3 Å². The number of benzene rings is 1. The van der Waals surface area contributed by atoms with Crippen molar-refractivity contribution in [2.75, 3.05) is 18.5 Å². The van der Waals surface area contributed by atoms with Gasteiger partial charge in [0.15, 0.2) is 0 Å². The van der Waals surface area contributed by atoms with Crippen molar-refractivity contribution in [1.29, 1.82) is 0 Å². The van der Waals surface area contributed by atoms with E-state index in [1.165, 1.54) is 32.1 Å². The Morgan fingerprint density at radius 3 is 2.68 bits per heavy atom. The van der Waals surface area contributed by atoms with E-state index < -0.39 is 0 Å². The molecule has 0 bridgehead atoms. The summed E-state index contributed by atoms with van der Waals surface area (Å²) < 4.78 is 14.0. The lowest BCUT2D eigenvalue weighted by Crippen LogP contribution is -2.34. The Balaban J connectivity index is 2.12. The van der Waals surface area contributed by atoms with E-state index in [9.17, 15) is 4.39 Å². The van der Waals surface area contributed by atoms with Crippen LogP contribution in [0.1, 0.15) is 44.6 Å². The van der Waals surface area contributed by atoms with Gasteiger partial charge in [-0.1, -0.05) is 32.3 Å². The molecule has 2 nitrogen and oxygen atoms in total. The first-order valence-corrected chi connectivity index (χ1v) is 7.44. The lowest BCUT2D eigenvalue weighted by Gasteiger charge is -2.33. The van der Waals surface area contributed by atoms with Crippen LogP contribution in [0.15, 0.2) is 18.2 Å². The highest BCUT2D eigenvalue weighted by Gasteiger charge is 2.20. The summed E-state index contributed by atoms with van der Waals surface area (Å²) in [6, 6.07) is 5.96. The van der Waals surface area contributed by atoms with Gasteiger partial charge in [0.1, 0.15) is 5.82 Å². The Morgan fingerprint density at radius 2 is 2.00 bits per heavy atom. The normalized spacial score (nSPS) is 16.6. The van der Waals surface area contributed by atoms with Crippen LogP contribution in [-0.4, -0.2) is 19.6 Å². The van der Waals surface area contributed by atoms with Gasteiger partial charge in [0.25, 0.3) is 0 Å². The summed E-state index contributed by atoms with van der Waals surface area (Å²) >= 11 is 0. The molecule has 0 spiro atoms. The molecule has 0 amide bonds. The Hall–Kier alpha value is -1.09. The molecule has 0 saturated heterocycles. The Labute approximate surface area is 116 Å². The molecular formula is C16H25FN2. The first-order chi connectivity index (χ1) is 9.22. The molecule has 1 aromatic rings. The molecule has 0 unspecified atom stereocenters. The summed E-state index contributed by atoms with van der Waals surface area (Å²) in [6.07, 6.45) is 6.25. The highest BCUT2D eigenvalue weighted by atomic mass is 19.1. The van der Waals surface area contributed by atoms with Crippen LogP contribution in [0.2, 0.25) is 0 Å². The standard InChI is InChI=1S/C16H25FN2/c1-3-18-12-13-9-10-15(17)16(11-13)19(2)14-7-5-4-6-8-14/h9-11,14,18H,3-8,12H2,1-2H3. The third-order valence-corrected chi connectivity index (χ3v) is 4.09. The molecule has 1 aliphatic carbocycles. The highest BCUT2D eigenvalue weighted by Crippen LogP contribution is 2.28. The maximum absolute atomic E-state index is 14.0. The van der Waals surface area contributed by atoms with E-state index in [1.807, 2.05) is 19.2 Å². The van der Waals surface area contributed by atoms with Gasteiger partial charge in [0.05, 0.1) is 5.69 Å². The molecule has 2 rings (SSSR count). The van der Waals surface area contributed by atoms with Crippen molar-refractivity contribution in [2.45, 2.75) is 51.6 Å². The Bertz CT molecular complexity index is 400. The van der Waals surface area contributed by atoms with E-state index in [1.54, 1.807) is 6.07 Å². The van der Waals surface area contributed by atoms with Crippen LogP contribution in [0.4, 0.5) is 10.1 Å². The molecule has 1 N–H and O–H groups in total. The SMILES string of the molecule is CCNCc1ccc(F)c(N(C)C2CCCCC2)c1. The molecular weight excluding hydrogens is 239 g/mol. The monoisotopic (exact) mass is 264 g/mol. The third-order valence-electron chi connectivity index (χ3n) is 4.09. The fourth-order valence-electron chi connectivity index (χ4n) is 2.87. The second kappa shape index (κ2) is 6.90. The van der Waals surface area contributed by atoms with Gasteiger partial charge in [-0.25, -0.2) is 4.39 Å². The molecule has 1 aliphatic rings. The van der Waals surface area contributed by atoms with Crippen LogP contribution in [0.3, 0.4) is 0 Å². The zero-order chi connectivity index (χ0) is 13.7. The van der Waals surface area contributed by atoms with Gasteiger partial charge in [0.2, 0.25) is 0 Å². The predicted octanol–water partition coefficient (Wildman–Crippen LogP) is 3.70. The largest absolute Gasteiger partial charge is 0.369 e. The van der Waals surface area contributed by atoms with Gasteiger partial charge >= 0.3 is 0 Å². The van der Waals surface area contributed by atoms with Crippen LogP contribution in [0, 0.1) is 5.82 Å². The molecule has 0 aliphatic heterocycles. The summed E-state index contributed by atoms with van der Waals surface area (Å²) in [4.78, 5) is 2.14. The molecule has 19 heavy (non-hydrogen) atoms. The van der Waals surface area contributed by atoms with E-state index >= 15 is 0 Å². The number of nitrogens with one attached hydrogen (secondary N) is 1. The Kier molecular flexibility index (Phi) is 5.20. The van der Waals surface area contributed by atoms with Gasteiger partial charge in [-0.15, -0.1) is 0 Å². The first kappa shape index (κ1) is 14.3. The Morgan fingerprint density at radius 1 is 1.26 bits per heavy atom. The van der Waals surface area contributed by atoms with Crippen LogP contribution < -0.4 is 10.2 Å². The lowest BCUT2D eigenvalue weighted by atomic mass is 9.94. The second-order valence-corrected chi connectivity index (χ2v) is 5.47. The van der Waals surface area contributed by atoms with Crippen molar-refractivity contribution in [2.24, 2.45) is 0 Å². The lowest BCUT2D eigenvalue weighted by molar-refractivity contribution is 0.424. The second-order valence-electron chi connectivity index (χ2n) is 5.47. The summed E-state index contributed by atoms with van der Waals surface area (Å²) in [5.74, 6) is -0.103. The van der Waals surface area contributed by atoms with E-state index in [2.05, 4.69) is 17.1 Å². The van der Waals surface area contributed by atoms with Gasteiger partial charge < -0.3 is 10.2 Å². The molecule has 0 atom stereocenters. The number of hydrogen-bond donors (Lipinski definition) is 1. The van der Waals surface area contributed by atoms with Crippen LogP contribution in [-0.2, 0) is 6.54 Å². The van der Waals surface area contributed by atoms with Crippen molar-refractivity contribution in [1.82, 2.24) is 5.32 Å².